The third kappa shape index (κ3) is 5.06. The van der Waals surface area contributed by atoms with Gasteiger partial charge in [0.2, 0.25) is 5.91 Å². The summed E-state index contributed by atoms with van der Waals surface area (Å²) in [7, 11) is -3.10. The molecule has 2 aliphatic rings. The first-order valence-electron chi connectivity index (χ1n) is 8.81. The Balaban J connectivity index is 1.60. The number of anilines is 1. The lowest BCUT2D eigenvalue weighted by atomic mass is 10.2. The fraction of sp³-hybridized carbons (Fsp3) is 0.500. The minimum Gasteiger partial charge on any atom is -0.452 e. The first-order valence-corrected chi connectivity index (χ1v) is 10.6. The van der Waals surface area contributed by atoms with Crippen LogP contribution in [-0.2, 0) is 24.2 Å². The molecule has 1 aliphatic carbocycles. The molecule has 1 N–H and O–H groups in total. The van der Waals surface area contributed by atoms with Crippen molar-refractivity contribution in [3.8, 4) is 0 Å². The van der Waals surface area contributed by atoms with Crippen LogP contribution in [0.25, 0.3) is 0 Å². The van der Waals surface area contributed by atoms with Gasteiger partial charge in [0, 0.05) is 24.7 Å². The van der Waals surface area contributed by atoms with Crippen molar-refractivity contribution in [2.45, 2.75) is 38.3 Å². The van der Waals surface area contributed by atoms with Gasteiger partial charge < -0.3 is 15.0 Å². The number of amides is 2. The highest BCUT2D eigenvalue weighted by atomic mass is 32.2. The van der Waals surface area contributed by atoms with Crippen molar-refractivity contribution < 1.29 is 27.5 Å². The van der Waals surface area contributed by atoms with Crippen LogP contribution in [0.2, 0.25) is 0 Å². The van der Waals surface area contributed by atoms with Crippen LogP contribution in [0, 0.1) is 0 Å². The summed E-state index contributed by atoms with van der Waals surface area (Å²) in [4.78, 5) is 37.5. The molecule has 0 spiro atoms. The highest BCUT2D eigenvalue weighted by molar-refractivity contribution is 7.91. The second-order valence-corrected chi connectivity index (χ2v) is 9.16. The number of carbonyl (C=O) groups is 3. The maximum absolute atomic E-state index is 12.6. The van der Waals surface area contributed by atoms with E-state index in [0.29, 0.717) is 12.1 Å². The lowest BCUT2D eigenvalue weighted by molar-refractivity contribution is -0.137. The fourth-order valence-electron chi connectivity index (χ4n) is 3.27. The minimum absolute atomic E-state index is 0.0258. The number of carbonyl (C=O) groups excluding carboxylic acids is 3. The molecule has 8 nitrogen and oxygen atoms in total. The van der Waals surface area contributed by atoms with Gasteiger partial charge in [-0.05, 0) is 37.5 Å². The van der Waals surface area contributed by atoms with Crippen LogP contribution in [0.5, 0.6) is 0 Å². The summed E-state index contributed by atoms with van der Waals surface area (Å²) >= 11 is 0. The Morgan fingerprint density at radius 2 is 1.93 bits per heavy atom. The van der Waals surface area contributed by atoms with E-state index in [-0.39, 0.29) is 41.0 Å². The van der Waals surface area contributed by atoms with Crippen LogP contribution in [0.4, 0.5) is 5.69 Å². The Bertz CT molecular complexity index is 862. The molecule has 0 radical (unpaired) electrons. The number of esters is 1. The molecule has 0 aromatic heterocycles. The molecule has 2 amide bonds. The first-order chi connectivity index (χ1) is 12.7. The molecule has 1 aliphatic heterocycles. The quantitative estimate of drug-likeness (QED) is 0.720. The van der Waals surface area contributed by atoms with E-state index in [4.69, 9.17) is 4.74 Å². The summed E-state index contributed by atoms with van der Waals surface area (Å²) in [6, 6.07) is 5.94. The van der Waals surface area contributed by atoms with Crippen LogP contribution < -0.4 is 5.32 Å². The van der Waals surface area contributed by atoms with Crippen LogP contribution in [-0.4, -0.2) is 61.3 Å². The maximum Gasteiger partial charge on any atom is 0.338 e. The fourth-order valence-corrected chi connectivity index (χ4v) is 4.98. The predicted molar refractivity (Wildman–Crippen MR) is 98.0 cm³/mol. The Hall–Kier alpha value is -2.42. The van der Waals surface area contributed by atoms with E-state index in [9.17, 15) is 22.8 Å². The van der Waals surface area contributed by atoms with E-state index in [0.717, 1.165) is 12.8 Å². The zero-order valence-electron chi connectivity index (χ0n) is 15.0. The number of hydrogen-bond acceptors (Lipinski definition) is 6. The Labute approximate surface area is 157 Å². The van der Waals surface area contributed by atoms with Crippen molar-refractivity contribution in [2.75, 3.05) is 23.4 Å². The van der Waals surface area contributed by atoms with Crippen molar-refractivity contribution in [3.63, 3.8) is 0 Å². The van der Waals surface area contributed by atoms with Crippen molar-refractivity contribution in [2.24, 2.45) is 0 Å². The van der Waals surface area contributed by atoms with Gasteiger partial charge in [-0.3, -0.25) is 9.59 Å². The summed E-state index contributed by atoms with van der Waals surface area (Å²) in [6.45, 7) is 0.926. The standard InChI is InChI=1S/C18H22N2O6S/c1-12(21)19-14-4-2-3-13(9-14)18(23)26-10-17(22)20(15-5-6-15)16-7-8-27(24,25)11-16/h2-4,9,15-16H,5-8,10-11H2,1H3,(H,19,21)/t16-/m0/s1. The molecule has 27 heavy (non-hydrogen) atoms. The molecule has 1 heterocycles. The Kier molecular flexibility index (Phi) is 5.50. The van der Waals surface area contributed by atoms with Gasteiger partial charge in [0.15, 0.2) is 16.4 Å². The number of hydrogen-bond donors (Lipinski definition) is 1. The highest BCUT2D eigenvalue weighted by Gasteiger charge is 2.42. The maximum atomic E-state index is 12.6. The van der Waals surface area contributed by atoms with Gasteiger partial charge in [-0.2, -0.15) is 0 Å². The summed E-state index contributed by atoms with van der Waals surface area (Å²) < 4.78 is 28.6. The lowest BCUT2D eigenvalue weighted by Crippen LogP contribution is -2.44. The molecule has 2 fully saturated rings. The van der Waals surface area contributed by atoms with E-state index in [2.05, 4.69) is 5.32 Å². The van der Waals surface area contributed by atoms with Crippen LogP contribution in [0.1, 0.15) is 36.5 Å². The van der Waals surface area contributed by atoms with Crippen molar-refractivity contribution >= 4 is 33.3 Å². The van der Waals surface area contributed by atoms with Crippen molar-refractivity contribution in [1.29, 1.82) is 0 Å². The molecular formula is C18H22N2O6S. The third-order valence-electron chi connectivity index (χ3n) is 4.58. The predicted octanol–water partition coefficient (Wildman–Crippen LogP) is 0.980. The molecule has 1 aromatic carbocycles. The topological polar surface area (TPSA) is 110 Å². The number of rotatable bonds is 6. The van der Waals surface area contributed by atoms with Gasteiger partial charge in [0.1, 0.15) is 0 Å². The lowest BCUT2D eigenvalue weighted by Gasteiger charge is -2.28. The number of benzene rings is 1. The van der Waals surface area contributed by atoms with E-state index >= 15 is 0 Å². The average Bonchev–Trinajstić information content (AvgIpc) is 3.35. The van der Waals surface area contributed by atoms with Gasteiger partial charge in [-0.25, -0.2) is 13.2 Å². The van der Waals surface area contributed by atoms with Crippen LogP contribution >= 0.6 is 0 Å². The zero-order valence-corrected chi connectivity index (χ0v) is 15.8. The van der Waals surface area contributed by atoms with Crippen molar-refractivity contribution in [3.05, 3.63) is 29.8 Å². The smallest absolute Gasteiger partial charge is 0.338 e. The normalized spacial score (nSPS) is 20.7. The molecule has 1 saturated carbocycles. The van der Waals surface area contributed by atoms with E-state index in [1.165, 1.54) is 19.1 Å². The van der Waals surface area contributed by atoms with E-state index < -0.39 is 22.4 Å². The van der Waals surface area contributed by atoms with Crippen LogP contribution in [0.3, 0.4) is 0 Å². The van der Waals surface area contributed by atoms with Crippen LogP contribution in [0.15, 0.2) is 24.3 Å². The largest absolute Gasteiger partial charge is 0.452 e. The molecule has 1 atom stereocenters. The highest BCUT2D eigenvalue weighted by Crippen LogP contribution is 2.32. The molecule has 1 aromatic rings. The Morgan fingerprint density at radius 1 is 1.19 bits per heavy atom. The summed E-state index contributed by atoms with van der Waals surface area (Å²) in [5, 5.41) is 2.57. The minimum atomic E-state index is -3.10. The molecular weight excluding hydrogens is 372 g/mol. The van der Waals surface area contributed by atoms with E-state index in [1.54, 1.807) is 17.0 Å². The molecule has 146 valence electrons. The monoisotopic (exact) mass is 394 g/mol. The molecule has 9 heteroatoms. The van der Waals surface area contributed by atoms with Gasteiger partial charge >= 0.3 is 5.97 Å². The summed E-state index contributed by atoms with van der Waals surface area (Å²) in [6.07, 6.45) is 2.11. The molecule has 3 rings (SSSR count). The second-order valence-electron chi connectivity index (χ2n) is 6.93. The summed E-state index contributed by atoms with van der Waals surface area (Å²) in [5.74, 6) is -1.25. The number of nitrogens with one attached hydrogen (secondary N) is 1. The van der Waals surface area contributed by atoms with Gasteiger partial charge in [0.25, 0.3) is 5.91 Å². The SMILES string of the molecule is CC(=O)Nc1cccc(C(=O)OCC(=O)N(C2CC2)[C@H]2CCS(=O)(=O)C2)c1. The number of ether oxygens (including phenoxy) is 1. The van der Waals surface area contributed by atoms with E-state index in [1.807, 2.05) is 0 Å². The van der Waals surface area contributed by atoms with Gasteiger partial charge in [-0.1, -0.05) is 6.07 Å². The Morgan fingerprint density at radius 3 is 2.52 bits per heavy atom. The van der Waals surface area contributed by atoms with Gasteiger partial charge in [0.05, 0.1) is 17.1 Å². The van der Waals surface area contributed by atoms with Gasteiger partial charge in [-0.15, -0.1) is 0 Å². The third-order valence-corrected chi connectivity index (χ3v) is 6.33. The number of nitrogens with zero attached hydrogens (tertiary/aromatic N) is 1. The van der Waals surface area contributed by atoms with Crippen molar-refractivity contribution in [1.82, 2.24) is 4.90 Å². The molecule has 1 saturated heterocycles. The second kappa shape index (κ2) is 7.67. The first kappa shape index (κ1) is 19.3. The number of sulfone groups is 1. The molecule has 0 unspecified atom stereocenters. The summed E-state index contributed by atoms with van der Waals surface area (Å²) in [5.41, 5.74) is 0.675. The average molecular weight is 394 g/mol. The molecule has 0 bridgehead atoms. The zero-order chi connectivity index (χ0) is 19.6.